The zero-order valence-corrected chi connectivity index (χ0v) is 17.0. The fourth-order valence-electron chi connectivity index (χ4n) is 7.12. The summed E-state index contributed by atoms with van der Waals surface area (Å²) in [5.41, 5.74) is 7.59. The Kier molecular flexibility index (Phi) is 4.15. The predicted molar refractivity (Wildman–Crippen MR) is 108 cm³/mol. The second kappa shape index (κ2) is 6.33. The van der Waals surface area contributed by atoms with E-state index in [4.69, 9.17) is 5.73 Å². The minimum atomic E-state index is -0.396. The lowest BCUT2D eigenvalue weighted by Gasteiger charge is -2.56. The van der Waals surface area contributed by atoms with Crippen LogP contribution in [0.3, 0.4) is 0 Å². The van der Waals surface area contributed by atoms with Crippen molar-refractivity contribution in [3.05, 3.63) is 16.0 Å². The van der Waals surface area contributed by atoms with Crippen LogP contribution in [0.15, 0.2) is 0 Å². The molecule has 4 nitrogen and oxygen atoms in total. The first-order valence-electron chi connectivity index (χ1n) is 10.6. The van der Waals surface area contributed by atoms with E-state index in [2.05, 4.69) is 12.2 Å². The van der Waals surface area contributed by atoms with Crippen molar-refractivity contribution in [1.29, 1.82) is 0 Å². The van der Waals surface area contributed by atoms with Crippen molar-refractivity contribution in [2.45, 2.75) is 71.1 Å². The summed E-state index contributed by atoms with van der Waals surface area (Å²) in [5, 5.41) is 3.82. The molecule has 0 radical (unpaired) electrons. The van der Waals surface area contributed by atoms with Gasteiger partial charge in [-0.1, -0.05) is 6.92 Å². The zero-order valence-electron chi connectivity index (χ0n) is 16.2. The molecule has 3 N–H and O–H groups in total. The van der Waals surface area contributed by atoms with Gasteiger partial charge in [0.1, 0.15) is 5.00 Å². The number of nitrogens with one attached hydrogen (secondary N) is 1. The summed E-state index contributed by atoms with van der Waals surface area (Å²) in [5.74, 6) is 2.87. The Labute approximate surface area is 165 Å². The standard InChI is InChI=1S/C22H30N2O2S/c1-12-2-3-16-17(4-12)27-21(19(16)20(23)26)24-18(25)11-22-8-13-5-14(9-22)7-15(6-13)10-22/h12-15H,2-11H2,1H3,(H2,23,26)(H,24,25)/t12-,13?,14?,15?,22?/m1/s1. The summed E-state index contributed by atoms with van der Waals surface area (Å²) in [6.45, 7) is 2.25. The quantitative estimate of drug-likeness (QED) is 0.799. The molecular weight excluding hydrogens is 356 g/mol. The molecule has 0 aromatic carbocycles. The van der Waals surface area contributed by atoms with E-state index in [1.807, 2.05) is 0 Å². The van der Waals surface area contributed by atoms with E-state index in [0.717, 1.165) is 42.6 Å². The number of amides is 2. The molecular formula is C22H30N2O2S. The molecule has 5 aliphatic rings. The van der Waals surface area contributed by atoms with Crippen LogP contribution in [-0.2, 0) is 17.6 Å². The second-order valence-corrected chi connectivity index (χ2v) is 11.2. The maximum atomic E-state index is 13.0. The maximum Gasteiger partial charge on any atom is 0.251 e. The molecule has 0 spiro atoms. The molecule has 1 aromatic rings. The Morgan fingerprint density at radius 2 is 1.78 bits per heavy atom. The van der Waals surface area contributed by atoms with E-state index in [0.29, 0.717) is 22.9 Å². The molecule has 1 aromatic heterocycles. The lowest BCUT2D eigenvalue weighted by molar-refractivity contribution is -0.124. The van der Waals surface area contributed by atoms with E-state index in [1.165, 1.54) is 43.4 Å². The molecule has 2 amide bonds. The fraction of sp³-hybridized carbons (Fsp3) is 0.727. The van der Waals surface area contributed by atoms with Crippen molar-refractivity contribution in [1.82, 2.24) is 0 Å². The molecule has 0 aliphatic heterocycles. The largest absolute Gasteiger partial charge is 0.365 e. The smallest absolute Gasteiger partial charge is 0.251 e. The average Bonchev–Trinajstić information content (AvgIpc) is 2.89. The topological polar surface area (TPSA) is 72.2 Å². The van der Waals surface area contributed by atoms with Crippen LogP contribution < -0.4 is 11.1 Å². The number of rotatable bonds is 4. The van der Waals surface area contributed by atoms with Gasteiger partial charge in [0.15, 0.2) is 0 Å². The molecule has 27 heavy (non-hydrogen) atoms. The van der Waals surface area contributed by atoms with Gasteiger partial charge in [-0.15, -0.1) is 11.3 Å². The first kappa shape index (κ1) is 17.7. The van der Waals surface area contributed by atoms with Gasteiger partial charge in [-0.05, 0) is 92.4 Å². The summed E-state index contributed by atoms with van der Waals surface area (Å²) in [7, 11) is 0. The highest BCUT2D eigenvalue weighted by Crippen LogP contribution is 2.61. The lowest BCUT2D eigenvalue weighted by atomic mass is 9.49. The lowest BCUT2D eigenvalue weighted by Crippen LogP contribution is -2.47. The molecule has 4 fully saturated rings. The Balaban J connectivity index is 1.35. The number of primary amides is 1. The van der Waals surface area contributed by atoms with Crippen molar-refractivity contribution in [3.63, 3.8) is 0 Å². The van der Waals surface area contributed by atoms with Crippen LogP contribution in [0.5, 0.6) is 0 Å². The summed E-state index contributed by atoms with van der Waals surface area (Å²) in [4.78, 5) is 26.3. The average molecular weight is 387 g/mol. The van der Waals surface area contributed by atoms with Crippen molar-refractivity contribution >= 4 is 28.2 Å². The molecule has 5 aliphatic carbocycles. The number of fused-ring (bicyclic) bond motifs is 1. The Morgan fingerprint density at radius 1 is 1.15 bits per heavy atom. The minimum absolute atomic E-state index is 0.0890. The van der Waals surface area contributed by atoms with Gasteiger partial charge in [0, 0.05) is 11.3 Å². The highest BCUT2D eigenvalue weighted by molar-refractivity contribution is 7.17. The van der Waals surface area contributed by atoms with E-state index in [-0.39, 0.29) is 11.3 Å². The Morgan fingerprint density at radius 3 is 2.37 bits per heavy atom. The maximum absolute atomic E-state index is 13.0. The van der Waals surface area contributed by atoms with Gasteiger partial charge in [-0.2, -0.15) is 0 Å². The number of carbonyl (C=O) groups excluding carboxylic acids is 2. The third kappa shape index (κ3) is 3.12. The van der Waals surface area contributed by atoms with Crippen molar-refractivity contribution in [3.8, 4) is 0 Å². The number of hydrogen-bond acceptors (Lipinski definition) is 3. The third-order valence-electron chi connectivity index (χ3n) is 7.71. The van der Waals surface area contributed by atoms with Crippen LogP contribution in [0, 0.1) is 29.1 Å². The minimum Gasteiger partial charge on any atom is -0.365 e. The van der Waals surface area contributed by atoms with E-state index in [9.17, 15) is 9.59 Å². The van der Waals surface area contributed by atoms with E-state index < -0.39 is 5.91 Å². The molecule has 1 atom stereocenters. The van der Waals surface area contributed by atoms with Crippen LogP contribution in [-0.4, -0.2) is 11.8 Å². The SMILES string of the molecule is C[C@@H]1CCc2c(sc(NC(=O)CC34CC5CC(CC(C5)C3)C4)c2C(N)=O)C1. The van der Waals surface area contributed by atoms with Crippen molar-refractivity contribution < 1.29 is 9.59 Å². The van der Waals surface area contributed by atoms with Gasteiger partial charge < -0.3 is 11.1 Å². The van der Waals surface area contributed by atoms with Crippen LogP contribution in [0.4, 0.5) is 5.00 Å². The zero-order chi connectivity index (χ0) is 18.8. The second-order valence-electron chi connectivity index (χ2n) is 10.1. The van der Waals surface area contributed by atoms with Gasteiger partial charge in [0.05, 0.1) is 5.56 Å². The number of carbonyl (C=O) groups is 2. The monoisotopic (exact) mass is 386 g/mol. The van der Waals surface area contributed by atoms with Crippen molar-refractivity contribution in [2.24, 2.45) is 34.8 Å². The first-order chi connectivity index (χ1) is 12.9. The molecule has 0 saturated heterocycles. The summed E-state index contributed by atoms with van der Waals surface area (Å²) < 4.78 is 0. The van der Waals surface area contributed by atoms with Gasteiger partial charge in [0.25, 0.3) is 5.91 Å². The molecule has 4 bridgehead atoms. The molecule has 146 valence electrons. The molecule has 5 heteroatoms. The van der Waals surface area contributed by atoms with Crippen LogP contribution in [0.1, 0.15) is 79.1 Å². The van der Waals surface area contributed by atoms with E-state index in [1.54, 1.807) is 11.3 Å². The number of anilines is 1. The van der Waals surface area contributed by atoms with Crippen molar-refractivity contribution in [2.75, 3.05) is 5.32 Å². The normalized spacial score (nSPS) is 36.5. The number of hydrogen-bond donors (Lipinski definition) is 2. The summed E-state index contributed by atoms with van der Waals surface area (Å²) >= 11 is 1.58. The highest BCUT2D eigenvalue weighted by atomic mass is 32.1. The molecule has 4 saturated carbocycles. The molecule has 6 rings (SSSR count). The van der Waals surface area contributed by atoms with Crippen LogP contribution in [0.2, 0.25) is 0 Å². The number of nitrogens with two attached hydrogens (primary N) is 1. The van der Waals surface area contributed by atoms with Gasteiger partial charge in [-0.25, -0.2) is 0 Å². The molecule has 1 heterocycles. The summed E-state index contributed by atoms with van der Waals surface area (Å²) in [6, 6.07) is 0. The number of thiophene rings is 1. The van der Waals surface area contributed by atoms with Gasteiger partial charge >= 0.3 is 0 Å². The van der Waals surface area contributed by atoms with Gasteiger partial charge in [0.2, 0.25) is 5.91 Å². The predicted octanol–water partition coefficient (Wildman–Crippen LogP) is 4.52. The Hall–Kier alpha value is -1.36. The van der Waals surface area contributed by atoms with Crippen LogP contribution >= 0.6 is 11.3 Å². The fourth-order valence-corrected chi connectivity index (χ4v) is 8.55. The van der Waals surface area contributed by atoms with Gasteiger partial charge in [-0.3, -0.25) is 9.59 Å². The summed E-state index contributed by atoms with van der Waals surface area (Å²) in [6.07, 6.45) is 11.5. The third-order valence-corrected chi connectivity index (χ3v) is 8.88. The Bertz CT molecular complexity index is 761. The van der Waals surface area contributed by atoms with Crippen LogP contribution in [0.25, 0.3) is 0 Å². The first-order valence-corrected chi connectivity index (χ1v) is 11.5. The molecule has 0 unspecified atom stereocenters. The highest BCUT2D eigenvalue weighted by Gasteiger charge is 2.51. The van der Waals surface area contributed by atoms with E-state index >= 15 is 0 Å².